The first-order valence-corrected chi connectivity index (χ1v) is 7.41. The number of aryl methyl sites for hydroxylation is 2. The molecule has 0 aliphatic rings. The minimum atomic E-state index is -0.481. The zero-order valence-corrected chi connectivity index (χ0v) is 11.8. The summed E-state index contributed by atoms with van der Waals surface area (Å²) in [5.74, 6) is 0. The van der Waals surface area contributed by atoms with Crippen molar-refractivity contribution in [3.8, 4) is 0 Å². The van der Waals surface area contributed by atoms with E-state index >= 15 is 0 Å². The Morgan fingerprint density at radius 3 is 2.44 bits per heavy atom. The molecule has 0 fully saturated rings. The van der Waals surface area contributed by atoms with Crippen LogP contribution in [0.4, 0.5) is 0 Å². The number of aliphatic hydroxyl groups excluding tert-OH is 1. The van der Waals surface area contributed by atoms with E-state index in [1.165, 1.54) is 24.0 Å². The van der Waals surface area contributed by atoms with Crippen molar-refractivity contribution >= 4 is 11.3 Å². The van der Waals surface area contributed by atoms with Gasteiger partial charge in [0.2, 0.25) is 0 Å². The summed E-state index contributed by atoms with van der Waals surface area (Å²) in [6.45, 7) is 4.25. The number of hydrogen-bond acceptors (Lipinski definition) is 2. The van der Waals surface area contributed by atoms with Gasteiger partial charge in [-0.15, -0.1) is 11.3 Å². The molecular weight excluding hydrogens is 240 g/mol. The first-order chi connectivity index (χ1) is 8.72. The normalized spacial score (nSPS) is 12.6. The lowest BCUT2D eigenvalue weighted by Gasteiger charge is -2.11. The van der Waals surface area contributed by atoms with Crippen LogP contribution in [-0.2, 0) is 6.42 Å². The molecule has 0 spiro atoms. The lowest BCUT2D eigenvalue weighted by atomic mass is 10.0. The molecule has 18 heavy (non-hydrogen) atoms. The van der Waals surface area contributed by atoms with E-state index in [1.807, 2.05) is 12.3 Å². The second-order valence-corrected chi connectivity index (χ2v) is 5.66. The van der Waals surface area contributed by atoms with Crippen molar-refractivity contribution < 1.29 is 5.11 Å². The van der Waals surface area contributed by atoms with Crippen molar-refractivity contribution in [1.82, 2.24) is 0 Å². The molecule has 2 aromatic rings. The Hall–Kier alpha value is -1.12. The Morgan fingerprint density at radius 2 is 1.89 bits per heavy atom. The predicted molar refractivity (Wildman–Crippen MR) is 78.2 cm³/mol. The van der Waals surface area contributed by atoms with Gasteiger partial charge < -0.3 is 5.11 Å². The maximum absolute atomic E-state index is 10.3. The SMILES string of the molecule is CCCCc1ccc(C(O)c2sccc2C)cc1. The number of benzene rings is 1. The Balaban J connectivity index is 2.12. The Bertz CT molecular complexity index is 484. The Morgan fingerprint density at radius 1 is 1.17 bits per heavy atom. The average Bonchev–Trinajstić information content (AvgIpc) is 2.82. The molecule has 0 radical (unpaired) electrons. The van der Waals surface area contributed by atoms with Gasteiger partial charge in [0.05, 0.1) is 0 Å². The molecule has 1 unspecified atom stereocenters. The first kappa shape index (κ1) is 13.3. The van der Waals surface area contributed by atoms with E-state index in [0.717, 1.165) is 16.9 Å². The van der Waals surface area contributed by atoms with Gasteiger partial charge in [-0.3, -0.25) is 0 Å². The van der Waals surface area contributed by atoms with Crippen molar-refractivity contribution in [2.24, 2.45) is 0 Å². The molecule has 1 nitrogen and oxygen atoms in total. The minimum Gasteiger partial charge on any atom is -0.383 e. The van der Waals surface area contributed by atoms with Crippen molar-refractivity contribution in [1.29, 1.82) is 0 Å². The van der Waals surface area contributed by atoms with E-state index in [1.54, 1.807) is 11.3 Å². The van der Waals surface area contributed by atoms with Crippen LogP contribution < -0.4 is 0 Å². The van der Waals surface area contributed by atoms with Crippen LogP contribution in [0.3, 0.4) is 0 Å². The smallest absolute Gasteiger partial charge is 0.113 e. The molecule has 1 aromatic carbocycles. The molecule has 0 bridgehead atoms. The largest absolute Gasteiger partial charge is 0.383 e. The first-order valence-electron chi connectivity index (χ1n) is 6.53. The highest BCUT2D eigenvalue weighted by atomic mass is 32.1. The van der Waals surface area contributed by atoms with Crippen LogP contribution in [0.25, 0.3) is 0 Å². The number of rotatable bonds is 5. The van der Waals surface area contributed by atoms with Crippen molar-refractivity contribution in [2.45, 2.75) is 39.2 Å². The molecule has 2 heteroatoms. The minimum absolute atomic E-state index is 0.481. The van der Waals surface area contributed by atoms with Crippen LogP contribution in [0, 0.1) is 6.92 Å². The summed E-state index contributed by atoms with van der Waals surface area (Å²) in [4.78, 5) is 1.05. The third-order valence-corrected chi connectivity index (χ3v) is 4.34. The van der Waals surface area contributed by atoms with Gasteiger partial charge in [0, 0.05) is 4.88 Å². The number of hydrogen-bond donors (Lipinski definition) is 1. The fraction of sp³-hybridized carbons (Fsp3) is 0.375. The summed E-state index contributed by atoms with van der Waals surface area (Å²) >= 11 is 1.62. The third-order valence-electron chi connectivity index (χ3n) is 3.26. The van der Waals surface area contributed by atoms with Gasteiger partial charge in [0.25, 0.3) is 0 Å². The summed E-state index contributed by atoms with van der Waals surface area (Å²) < 4.78 is 0. The molecule has 0 aliphatic heterocycles. The standard InChI is InChI=1S/C16H20OS/c1-3-4-5-13-6-8-14(9-7-13)15(17)16-12(2)10-11-18-16/h6-11,15,17H,3-5H2,1-2H3. The number of unbranched alkanes of at least 4 members (excludes halogenated alkanes) is 1. The topological polar surface area (TPSA) is 20.2 Å². The van der Waals surface area contributed by atoms with Gasteiger partial charge in [-0.1, -0.05) is 37.6 Å². The molecule has 1 heterocycles. The fourth-order valence-corrected chi connectivity index (χ4v) is 3.00. The molecule has 1 aromatic heterocycles. The second kappa shape index (κ2) is 6.17. The van der Waals surface area contributed by atoms with Crippen LogP contribution in [0.15, 0.2) is 35.7 Å². The van der Waals surface area contributed by atoms with E-state index in [-0.39, 0.29) is 0 Å². The van der Waals surface area contributed by atoms with Gasteiger partial charge in [-0.05, 0) is 47.9 Å². The quantitative estimate of drug-likeness (QED) is 0.840. The lowest BCUT2D eigenvalue weighted by Crippen LogP contribution is -1.99. The summed E-state index contributed by atoms with van der Waals surface area (Å²) in [6.07, 6.45) is 3.10. The molecule has 1 N–H and O–H groups in total. The van der Waals surface area contributed by atoms with E-state index < -0.39 is 6.10 Å². The van der Waals surface area contributed by atoms with E-state index in [2.05, 4.69) is 37.3 Å². The molecule has 96 valence electrons. The van der Waals surface area contributed by atoms with Crippen molar-refractivity contribution in [3.05, 3.63) is 57.3 Å². The van der Waals surface area contributed by atoms with Crippen LogP contribution >= 0.6 is 11.3 Å². The monoisotopic (exact) mass is 260 g/mol. The van der Waals surface area contributed by atoms with Crippen molar-refractivity contribution in [2.75, 3.05) is 0 Å². The fourth-order valence-electron chi connectivity index (χ4n) is 2.06. The van der Waals surface area contributed by atoms with E-state index in [4.69, 9.17) is 0 Å². The molecular formula is C16H20OS. The third kappa shape index (κ3) is 3.01. The highest BCUT2D eigenvalue weighted by molar-refractivity contribution is 7.10. The lowest BCUT2D eigenvalue weighted by molar-refractivity contribution is 0.223. The Labute approximate surface area is 113 Å². The highest BCUT2D eigenvalue weighted by Crippen LogP contribution is 2.29. The molecule has 2 rings (SSSR count). The zero-order valence-electron chi connectivity index (χ0n) is 11.0. The summed E-state index contributed by atoms with van der Waals surface area (Å²) in [5, 5.41) is 12.4. The number of thiophene rings is 1. The molecule has 0 aliphatic carbocycles. The van der Waals surface area contributed by atoms with Crippen LogP contribution in [-0.4, -0.2) is 5.11 Å². The van der Waals surface area contributed by atoms with Gasteiger partial charge in [-0.25, -0.2) is 0 Å². The molecule has 1 atom stereocenters. The number of aliphatic hydroxyl groups is 1. The molecule has 0 saturated carbocycles. The van der Waals surface area contributed by atoms with Gasteiger partial charge in [-0.2, -0.15) is 0 Å². The van der Waals surface area contributed by atoms with Gasteiger partial charge in [0.15, 0.2) is 0 Å². The summed E-state index contributed by atoms with van der Waals surface area (Å²) in [5.41, 5.74) is 3.51. The second-order valence-electron chi connectivity index (χ2n) is 4.72. The van der Waals surface area contributed by atoms with Gasteiger partial charge in [0.1, 0.15) is 6.10 Å². The van der Waals surface area contributed by atoms with E-state index in [0.29, 0.717) is 0 Å². The predicted octanol–water partition coefficient (Wildman–Crippen LogP) is 4.48. The highest BCUT2D eigenvalue weighted by Gasteiger charge is 2.13. The van der Waals surface area contributed by atoms with Crippen molar-refractivity contribution in [3.63, 3.8) is 0 Å². The maximum Gasteiger partial charge on any atom is 0.113 e. The molecule has 0 saturated heterocycles. The average molecular weight is 260 g/mol. The molecule has 0 amide bonds. The van der Waals surface area contributed by atoms with E-state index in [9.17, 15) is 5.11 Å². The summed E-state index contributed by atoms with van der Waals surface area (Å²) in [6, 6.07) is 10.4. The van der Waals surface area contributed by atoms with Crippen LogP contribution in [0.5, 0.6) is 0 Å². The van der Waals surface area contributed by atoms with Crippen LogP contribution in [0.2, 0.25) is 0 Å². The maximum atomic E-state index is 10.3. The van der Waals surface area contributed by atoms with Crippen LogP contribution in [0.1, 0.15) is 47.4 Å². The van der Waals surface area contributed by atoms with Gasteiger partial charge >= 0.3 is 0 Å². The summed E-state index contributed by atoms with van der Waals surface area (Å²) in [7, 11) is 0. The zero-order chi connectivity index (χ0) is 13.0. The Kier molecular flexibility index (Phi) is 4.56.